The molecular formula is C13H16ClNO3. The molecule has 1 aliphatic heterocycles. The highest BCUT2D eigenvalue weighted by Gasteiger charge is 2.19. The van der Waals surface area contributed by atoms with E-state index in [9.17, 15) is 4.79 Å². The topological polar surface area (TPSA) is 49.8 Å². The summed E-state index contributed by atoms with van der Waals surface area (Å²) in [6, 6.07) is 4.78. The molecule has 0 saturated carbocycles. The maximum absolute atomic E-state index is 10.8. The van der Waals surface area contributed by atoms with Gasteiger partial charge in [-0.05, 0) is 31.0 Å². The van der Waals surface area contributed by atoms with Gasteiger partial charge in [0.05, 0.1) is 22.4 Å². The Morgan fingerprint density at radius 2 is 2.39 bits per heavy atom. The molecule has 0 aromatic heterocycles. The lowest BCUT2D eigenvalue weighted by atomic mass is 10.2. The molecule has 0 amide bonds. The lowest BCUT2D eigenvalue weighted by molar-refractivity contribution is 0.0697. The summed E-state index contributed by atoms with van der Waals surface area (Å²) in [5.74, 6) is -0.967. The maximum Gasteiger partial charge on any atom is 0.335 e. The molecule has 5 heteroatoms. The number of nitrogens with zero attached hydrogens (tertiary/aromatic N) is 1. The van der Waals surface area contributed by atoms with E-state index >= 15 is 0 Å². The smallest absolute Gasteiger partial charge is 0.335 e. The number of carboxylic acid groups (broad SMARTS) is 1. The maximum atomic E-state index is 10.8. The van der Waals surface area contributed by atoms with Crippen LogP contribution in [-0.4, -0.2) is 37.4 Å². The number of carbonyl (C=O) groups is 1. The van der Waals surface area contributed by atoms with Crippen molar-refractivity contribution in [2.45, 2.75) is 18.9 Å². The van der Waals surface area contributed by atoms with Gasteiger partial charge in [-0.2, -0.15) is 0 Å². The van der Waals surface area contributed by atoms with Crippen LogP contribution in [0.25, 0.3) is 0 Å². The Bertz CT molecular complexity index is 444. The number of aromatic carboxylic acids is 1. The van der Waals surface area contributed by atoms with Crippen LogP contribution in [0.15, 0.2) is 18.2 Å². The Labute approximate surface area is 111 Å². The Morgan fingerprint density at radius 3 is 2.94 bits per heavy atom. The number of hydrogen-bond acceptors (Lipinski definition) is 3. The van der Waals surface area contributed by atoms with Gasteiger partial charge >= 0.3 is 5.97 Å². The highest BCUT2D eigenvalue weighted by Crippen LogP contribution is 2.27. The van der Waals surface area contributed by atoms with Gasteiger partial charge in [0.1, 0.15) is 0 Å². The lowest BCUT2D eigenvalue weighted by Gasteiger charge is -2.23. The third kappa shape index (κ3) is 2.94. The van der Waals surface area contributed by atoms with Gasteiger partial charge in [-0.3, -0.25) is 0 Å². The van der Waals surface area contributed by atoms with E-state index in [0.29, 0.717) is 5.02 Å². The molecule has 1 N–H and O–H groups in total. The zero-order chi connectivity index (χ0) is 13.1. The van der Waals surface area contributed by atoms with Gasteiger partial charge in [-0.1, -0.05) is 11.6 Å². The van der Waals surface area contributed by atoms with Crippen molar-refractivity contribution in [1.29, 1.82) is 0 Å². The van der Waals surface area contributed by atoms with E-state index in [1.165, 1.54) is 6.07 Å². The highest BCUT2D eigenvalue weighted by atomic mass is 35.5. The molecule has 1 aromatic rings. The number of likely N-dealkylation sites (N-methyl/N-ethyl adjacent to an activating group) is 1. The Morgan fingerprint density at radius 1 is 1.61 bits per heavy atom. The van der Waals surface area contributed by atoms with E-state index in [1.807, 2.05) is 11.9 Å². The summed E-state index contributed by atoms with van der Waals surface area (Å²) >= 11 is 6.11. The van der Waals surface area contributed by atoms with Crippen molar-refractivity contribution in [3.8, 4) is 0 Å². The SMILES string of the molecule is CN(CC1CCCO1)c1ccc(C(=O)O)cc1Cl. The number of halogens is 1. The molecule has 1 atom stereocenters. The third-order valence-corrected chi connectivity index (χ3v) is 3.41. The van der Waals surface area contributed by atoms with Crippen LogP contribution in [0.3, 0.4) is 0 Å². The Kier molecular flexibility index (Phi) is 4.09. The summed E-state index contributed by atoms with van der Waals surface area (Å²) in [6.07, 6.45) is 2.41. The van der Waals surface area contributed by atoms with Crippen molar-refractivity contribution in [3.63, 3.8) is 0 Å². The molecule has 18 heavy (non-hydrogen) atoms. The van der Waals surface area contributed by atoms with E-state index < -0.39 is 5.97 Å². The van der Waals surface area contributed by atoms with Crippen LogP contribution in [-0.2, 0) is 4.74 Å². The predicted octanol–water partition coefficient (Wildman–Crippen LogP) is 2.65. The number of hydrogen-bond donors (Lipinski definition) is 1. The number of carboxylic acids is 1. The fourth-order valence-corrected chi connectivity index (χ4v) is 2.47. The normalized spacial score (nSPS) is 18.9. The monoisotopic (exact) mass is 269 g/mol. The molecule has 0 bridgehead atoms. The first-order valence-electron chi connectivity index (χ1n) is 5.93. The molecule has 1 unspecified atom stereocenters. The van der Waals surface area contributed by atoms with E-state index in [1.54, 1.807) is 12.1 Å². The van der Waals surface area contributed by atoms with Crippen molar-refractivity contribution in [2.75, 3.05) is 25.1 Å². The van der Waals surface area contributed by atoms with Gasteiger partial charge < -0.3 is 14.7 Å². The molecular weight excluding hydrogens is 254 g/mol. The molecule has 0 radical (unpaired) electrons. The quantitative estimate of drug-likeness (QED) is 0.913. The largest absolute Gasteiger partial charge is 0.478 e. The molecule has 0 aliphatic carbocycles. The minimum atomic E-state index is -0.967. The number of ether oxygens (including phenoxy) is 1. The molecule has 2 rings (SSSR count). The molecule has 1 saturated heterocycles. The zero-order valence-corrected chi connectivity index (χ0v) is 11.0. The fraction of sp³-hybridized carbons (Fsp3) is 0.462. The van der Waals surface area contributed by atoms with E-state index in [4.69, 9.17) is 21.4 Å². The number of rotatable bonds is 4. The van der Waals surface area contributed by atoms with E-state index in [0.717, 1.165) is 31.7 Å². The molecule has 1 fully saturated rings. The van der Waals surface area contributed by atoms with Crippen molar-refractivity contribution >= 4 is 23.3 Å². The molecule has 4 nitrogen and oxygen atoms in total. The minimum absolute atomic E-state index is 0.203. The van der Waals surface area contributed by atoms with Crippen molar-refractivity contribution in [1.82, 2.24) is 0 Å². The van der Waals surface area contributed by atoms with E-state index in [2.05, 4.69) is 0 Å². The average molecular weight is 270 g/mol. The van der Waals surface area contributed by atoms with Crippen molar-refractivity contribution in [2.24, 2.45) is 0 Å². The highest BCUT2D eigenvalue weighted by molar-refractivity contribution is 6.33. The standard InChI is InChI=1S/C13H16ClNO3/c1-15(8-10-3-2-6-18-10)12-5-4-9(13(16)17)7-11(12)14/h4-5,7,10H,2-3,6,8H2,1H3,(H,16,17). The summed E-state index contributed by atoms with van der Waals surface area (Å²) in [5, 5.41) is 9.33. The van der Waals surface area contributed by atoms with Gasteiger partial charge in [-0.15, -0.1) is 0 Å². The molecule has 0 spiro atoms. The van der Waals surface area contributed by atoms with Crippen LogP contribution >= 0.6 is 11.6 Å². The third-order valence-electron chi connectivity index (χ3n) is 3.11. The second-order valence-electron chi connectivity index (χ2n) is 4.49. The van der Waals surface area contributed by atoms with Crippen LogP contribution in [0.4, 0.5) is 5.69 Å². The molecule has 1 aromatic carbocycles. The van der Waals surface area contributed by atoms with Crippen molar-refractivity contribution < 1.29 is 14.6 Å². The minimum Gasteiger partial charge on any atom is -0.478 e. The molecule has 1 heterocycles. The van der Waals surface area contributed by atoms with Gasteiger partial charge in [0.25, 0.3) is 0 Å². The van der Waals surface area contributed by atoms with Crippen LogP contribution < -0.4 is 4.90 Å². The first-order chi connectivity index (χ1) is 8.58. The van der Waals surface area contributed by atoms with E-state index in [-0.39, 0.29) is 11.7 Å². The van der Waals surface area contributed by atoms with Crippen LogP contribution in [0.2, 0.25) is 5.02 Å². The lowest BCUT2D eigenvalue weighted by Crippen LogP contribution is -2.28. The van der Waals surface area contributed by atoms with Crippen LogP contribution in [0.1, 0.15) is 23.2 Å². The summed E-state index contributed by atoms with van der Waals surface area (Å²) in [5.41, 5.74) is 1.03. The second-order valence-corrected chi connectivity index (χ2v) is 4.89. The summed E-state index contributed by atoms with van der Waals surface area (Å²) in [4.78, 5) is 12.8. The van der Waals surface area contributed by atoms with Crippen LogP contribution in [0, 0.1) is 0 Å². The first-order valence-corrected chi connectivity index (χ1v) is 6.31. The van der Waals surface area contributed by atoms with Gasteiger partial charge in [0.15, 0.2) is 0 Å². The molecule has 98 valence electrons. The second kappa shape index (κ2) is 5.59. The first kappa shape index (κ1) is 13.2. The predicted molar refractivity (Wildman–Crippen MR) is 70.7 cm³/mol. The fourth-order valence-electron chi connectivity index (χ4n) is 2.14. The zero-order valence-electron chi connectivity index (χ0n) is 10.2. The Balaban J connectivity index is 2.09. The molecule has 1 aliphatic rings. The Hall–Kier alpha value is -1.26. The summed E-state index contributed by atoms with van der Waals surface area (Å²) in [7, 11) is 1.93. The van der Waals surface area contributed by atoms with Gasteiger partial charge in [0, 0.05) is 20.2 Å². The van der Waals surface area contributed by atoms with Crippen molar-refractivity contribution in [3.05, 3.63) is 28.8 Å². The summed E-state index contributed by atoms with van der Waals surface area (Å²) < 4.78 is 5.57. The summed E-state index contributed by atoms with van der Waals surface area (Å²) in [6.45, 7) is 1.59. The van der Waals surface area contributed by atoms with Gasteiger partial charge in [0.2, 0.25) is 0 Å². The average Bonchev–Trinajstić information content (AvgIpc) is 2.81. The van der Waals surface area contributed by atoms with Crippen LogP contribution in [0.5, 0.6) is 0 Å². The number of benzene rings is 1. The van der Waals surface area contributed by atoms with Gasteiger partial charge in [-0.25, -0.2) is 4.79 Å². The number of anilines is 1.